The van der Waals surface area contributed by atoms with Crippen LogP contribution in [0.25, 0.3) is 0 Å². The Kier molecular flexibility index (Phi) is 3.65. The molecule has 0 bridgehead atoms. The number of hydrogen-bond acceptors (Lipinski definition) is 4. The first kappa shape index (κ1) is 13.3. The third-order valence-corrected chi connectivity index (χ3v) is 4.93. The van der Waals surface area contributed by atoms with Crippen molar-refractivity contribution in [1.29, 1.82) is 0 Å². The SMILES string of the molecule is c1cc(CN(c2ccc(CNC3CC3)cn2)C2CC2)cs1. The van der Waals surface area contributed by atoms with Crippen molar-refractivity contribution >= 4 is 17.2 Å². The van der Waals surface area contributed by atoms with Crippen molar-refractivity contribution in [2.45, 2.75) is 50.9 Å². The molecule has 2 aromatic heterocycles. The molecule has 0 radical (unpaired) electrons. The van der Waals surface area contributed by atoms with Crippen molar-refractivity contribution in [2.75, 3.05) is 4.90 Å². The average Bonchev–Trinajstić information content (AvgIpc) is 3.44. The van der Waals surface area contributed by atoms with Crippen LogP contribution in [0.2, 0.25) is 0 Å². The van der Waals surface area contributed by atoms with E-state index in [1.54, 1.807) is 11.3 Å². The molecule has 0 aromatic carbocycles. The van der Waals surface area contributed by atoms with E-state index >= 15 is 0 Å². The number of rotatable bonds is 7. The number of pyridine rings is 1. The Morgan fingerprint density at radius 1 is 1.14 bits per heavy atom. The lowest BCUT2D eigenvalue weighted by Gasteiger charge is -2.23. The predicted octanol–water partition coefficient (Wildman–Crippen LogP) is 3.56. The Morgan fingerprint density at radius 2 is 2.05 bits per heavy atom. The number of anilines is 1. The van der Waals surface area contributed by atoms with Crippen LogP contribution in [-0.2, 0) is 13.1 Å². The zero-order valence-corrected chi connectivity index (χ0v) is 13.0. The summed E-state index contributed by atoms with van der Waals surface area (Å²) in [4.78, 5) is 7.17. The maximum absolute atomic E-state index is 4.71. The van der Waals surface area contributed by atoms with Crippen molar-refractivity contribution < 1.29 is 0 Å². The van der Waals surface area contributed by atoms with Crippen LogP contribution >= 0.6 is 11.3 Å². The van der Waals surface area contributed by atoms with Gasteiger partial charge in [0.1, 0.15) is 5.82 Å². The van der Waals surface area contributed by atoms with Crippen LogP contribution in [0.4, 0.5) is 5.82 Å². The Bertz CT molecular complexity index is 571. The first-order chi connectivity index (χ1) is 10.4. The van der Waals surface area contributed by atoms with Crippen molar-refractivity contribution in [3.05, 3.63) is 46.3 Å². The molecule has 4 heteroatoms. The fourth-order valence-corrected chi connectivity index (χ4v) is 3.26. The van der Waals surface area contributed by atoms with Gasteiger partial charge in [0.2, 0.25) is 0 Å². The van der Waals surface area contributed by atoms with Gasteiger partial charge in [-0.05, 0) is 59.7 Å². The summed E-state index contributed by atoms with van der Waals surface area (Å²) in [5.41, 5.74) is 2.69. The summed E-state index contributed by atoms with van der Waals surface area (Å²) >= 11 is 1.77. The van der Waals surface area contributed by atoms with Crippen molar-refractivity contribution in [3.8, 4) is 0 Å². The second-order valence-corrected chi connectivity index (χ2v) is 6.95. The van der Waals surface area contributed by atoms with E-state index in [-0.39, 0.29) is 0 Å². The van der Waals surface area contributed by atoms with Crippen LogP contribution in [0, 0.1) is 0 Å². The minimum Gasteiger partial charge on any atom is -0.349 e. The lowest BCUT2D eigenvalue weighted by atomic mass is 10.2. The summed E-state index contributed by atoms with van der Waals surface area (Å²) in [6.07, 6.45) is 7.31. The smallest absolute Gasteiger partial charge is 0.129 e. The molecule has 3 nitrogen and oxygen atoms in total. The van der Waals surface area contributed by atoms with E-state index in [2.05, 4.69) is 39.2 Å². The van der Waals surface area contributed by atoms with Gasteiger partial charge in [0.25, 0.3) is 0 Å². The lowest BCUT2D eigenvalue weighted by Crippen LogP contribution is -2.25. The Hall–Kier alpha value is -1.39. The summed E-state index contributed by atoms with van der Waals surface area (Å²) in [6, 6.07) is 8.07. The molecule has 0 spiro atoms. The van der Waals surface area contributed by atoms with Gasteiger partial charge in [0, 0.05) is 31.4 Å². The van der Waals surface area contributed by atoms with Crippen molar-refractivity contribution in [1.82, 2.24) is 10.3 Å². The summed E-state index contributed by atoms with van der Waals surface area (Å²) < 4.78 is 0. The monoisotopic (exact) mass is 299 g/mol. The predicted molar refractivity (Wildman–Crippen MR) is 87.6 cm³/mol. The molecule has 110 valence electrons. The summed E-state index contributed by atoms with van der Waals surface area (Å²) in [7, 11) is 0. The van der Waals surface area contributed by atoms with Gasteiger partial charge in [-0.15, -0.1) is 0 Å². The number of nitrogens with zero attached hydrogens (tertiary/aromatic N) is 2. The standard InChI is InChI=1S/C17H21N3S/c1-6-17(19-10-13(1)9-18-15-2-3-15)20(16-4-5-16)11-14-7-8-21-12-14/h1,6-8,10,12,15-16,18H,2-5,9,11H2. The van der Waals surface area contributed by atoms with Crippen molar-refractivity contribution in [3.63, 3.8) is 0 Å². The summed E-state index contributed by atoms with van der Waals surface area (Å²) in [6.45, 7) is 1.94. The van der Waals surface area contributed by atoms with E-state index in [1.807, 2.05) is 6.20 Å². The van der Waals surface area contributed by atoms with Gasteiger partial charge in [-0.2, -0.15) is 11.3 Å². The van der Waals surface area contributed by atoms with Crippen molar-refractivity contribution in [2.24, 2.45) is 0 Å². The summed E-state index contributed by atoms with van der Waals surface area (Å²) in [5, 5.41) is 7.93. The highest BCUT2D eigenvalue weighted by atomic mass is 32.1. The lowest BCUT2D eigenvalue weighted by molar-refractivity contribution is 0.685. The number of hydrogen-bond donors (Lipinski definition) is 1. The molecule has 0 atom stereocenters. The molecule has 0 aliphatic heterocycles. The molecule has 2 fully saturated rings. The van der Waals surface area contributed by atoms with Crippen LogP contribution in [0.1, 0.15) is 36.8 Å². The highest BCUT2D eigenvalue weighted by molar-refractivity contribution is 7.07. The molecular formula is C17H21N3S. The van der Waals surface area contributed by atoms with E-state index < -0.39 is 0 Å². The maximum atomic E-state index is 4.71. The topological polar surface area (TPSA) is 28.2 Å². The number of thiophene rings is 1. The van der Waals surface area contributed by atoms with Gasteiger partial charge in [-0.1, -0.05) is 6.07 Å². The Morgan fingerprint density at radius 3 is 2.67 bits per heavy atom. The van der Waals surface area contributed by atoms with Crippen LogP contribution in [0.3, 0.4) is 0 Å². The van der Waals surface area contributed by atoms with E-state index in [0.717, 1.165) is 24.9 Å². The molecule has 1 N–H and O–H groups in total. The normalized spacial score (nSPS) is 17.9. The quantitative estimate of drug-likeness (QED) is 0.847. The van der Waals surface area contributed by atoms with Gasteiger partial charge in [-0.3, -0.25) is 0 Å². The minimum absolute atomic E-state index is 0.688. The van der Waals surface area contributed by atoms with Crippen LogP contribution in [-0.4, -0.2) is 17.1 Å². The third-order valence-electron chi connectivity index (χ3n) is 4.20. The van der Waals surface area contributed by atoms with Gasteiger partial charge in [0.15, 0.2) is 0 Å². The zero-order valence-electron chi connectivity index (χ0n) is 12.2. The molecule has 4 rings (SSSR count). The fraction of sp³-hybridized carbons (Fsp3) is 0.471. The van der Waals surface area contributed by atoms with Crippen LogP contribution in [0.15, 0.2) is 35.2 Å². The summed E-state index contributed by atoms with van der Waals surface area (Å²) in [5.74, 6) is 1.12. The molecule has 2 saturated carbocycles. The first-order valence-corrected chi connectivity index (χ1v) is 8.79. The van der Waals surface area contributed by atoms with Crippen LogP contribution < -0.4 is 10.2 Å². The zero-order chi connectivity index (χ0) is 14.1. The van der Waals surface area contributed by atoms with E-state index in [0.29, 0.717) is 6.04 Å². The second kappa shape index (κ2) is 5.78. The average molecular weight is 299 g/mol. The molecule has 2 aliphatic carbocycles. The Labute approximate surface area is 130 Å². The minimum atomic E-state index is 0.688. The largest absolute Gasteiger partial charge is 0.349 e. The number of aromatic nitrogens is 1. The van der Waals surface area contributed by atoms with Gasteiger partial charge in [0.05, 0.1) is 0 Å². The van der Waals surface area contributed by atoms with E-state index in [9.17, 15) is 0 Å². The fourth-order valence-electron chi connectivity index (χ4n) is 2.60. The molecule has 2 heterocycles. The molecule has 21 heavy (non-hydrogen) atoms. The van der Waals surface area contributed by atoms with Crippen LogP contribution in [0.5, 0.6) is 0 Å². The van der Waals surface area contributed by atoms with E-state index in [4.69, 9.17) is 4.98 Å². The molecule has 2 aliphatic rings. The molecule has 2 aromatic rings. The molecule has 0 saturated heterocycles. The highest BCUT2D eigenvalue weighted by Gasteiger charge is 2.30. The maximum Gasteiger partial charge on any atom is 0.129 e. The van der Waals surface area contributed by atoms with Gasteiger partial charge >= 0.3 is 0 Å². The first-order valence-electron chi connectivity index (χ1n) is 7.84. The molecule has 0 unspecified atom stereocenters. The molecule has 0 amide bonds. The van der Waals surface area contributed by atoms with E-state index in [1.165, 1.54) is 36.8 Å². The van der Waals surface area contributed by atoms with Gasteiger partial charge < -0.3 is 10.2 Å². The number of nitrogens with one attached hydrogen (secondary N) is 1. The molecular weight excluding hydrogens is 278 g/mol. The van der Waals surface area contributed by atoms with Gasteiger partial charge in [-0.25, -0.2) is 4.98 Å². The third kappa shape index (κ3) is 3.44. The second-order valence-electron chi connectivity index (χ2n) is 6.17. The Balaban J connectivity index is 1.44. The highest BCUT2D eigenvalue weighted by Crippen LogP contribution is 2.32.